The first kappa shape index (κ1) is 17.6. The van der Waals surface area contributed by atoms with Crippen molar-refractivity contribution in [1.82, 2.24) is 9.97 Å². The largest absolute Gasteiger partial charge is 0.494 e. The third kappa shape index (κ3) is 3.56. The van der Waals surface area contributed by atoms with E-state index in [1.54, 1.807) is 7.11 Å². The Morgan fingerprint density at radius 2 is 2.11 bits per heavy atom. The minimum absolute atomic E-state index is 0.260. The average molecular weight is 388 g/mol. The molecule has 4 rings (SSSR count). The van der Waals surface area contributed by atoms with E-state index in [-0.39, 0.29) is 5.56 Å². The molecule has 7 nitrogen and oxygen atoms in total. The van der Waals surface area contributed by atoms with Crippen molar-refractivity contribution >= 4 is 38.3 Å². The molecule has 1 amide bonds. The predicted molar refractivity (Wildman–Crippen MR) is 101 cm³/mol. The van der Waals surface area contributed by atoms with Crippen molar-refractivity contribution in [2.75, 3.05) is 43.6 Å². The van der Waals surface area contributed by atoms with Crippen LogP contribution in [0.2, 0.25) is 0 Å². The molecular weight excluding hydrogens is 371 g/mol. The lowest BCUT2D eigenvalue weighted by Gasteiger charge is -2.29. The lowest BCUT2D eigenvalue weighted by Crippen LogP contribution is -2.36. The number of nitrogens with zero attached hydrogens (tertiary/aromatic N) is 3. The van der Waals surface area contributed by atoms with Gasteiger partial charge in [-0.3, -0.25) is 10.1 Å². The van der Waals surface area contributed by atoms with Crippen LogP contribution in [-0.2, 0) is 4.74 Å². The van der Waals surface area contributed by atoms with E-state index in [4.69, 9.17) is 9.47 Å². The number of ether oxygens (including phenoxy) is 2. The van der Waals surface area contributed by atoms with Crippen LogP contribution in [0, 0.1) is 5.95 Å². The van der Waals surface area contributed by atoms with Crippen LogP contribution >= 0.6 is 11.3 Å². The Hall–Kier alpha value is -2.78. The summed E-state index contributed by atoms with van der Waals surface area (Å²) in [5.41, 5.74) is 1.99. The SMILES string of the molecule is COc1ccc(N2CCOCC2)c2sc(NC(=O)c3ccc(F)nc3)nc12. The predicted octanol–water partition coefficient (Wildman–Crippen LogP) is 2.93. The minimum atomic E-state index is -0.633. The average Bonchev–Trinajstić information content (AvgIpc) is 3.11. The Kier molecular flexibility index (Phi) is 4.87. The van der Waals surface area contributed by atoms with Gasteiger partial charge in [0.05, 0.1) is 36.3 Å². The van der Waals surface area contributed by atoms with Crippen LogP contribution < -0.4 is 15.0 Å². The number of morpholine rings is 1. The Bertz CT molecular complexity index is 971. The molecule has 1 fully saturated rings. The van der Waals surface area contributed by atoms with Crippen molar-refractivity contribution in [2.24, 2.45) is 0 Å². The molecule has 0 spiro atoms. The maximum absolute atomic E-state index is 12.9. The number of fused-ring (bicyclic) bond motifs is 1. The second-order valence-corrected chi connectivity index (χ2v) is 6.91. The Morgan fingerprint density at radius 1 is 1.30 bits per heavy atom. The molecule has 140 valence electrons. The number of hydrogen-bond acceptors (Lipinski definition) is 7. The highest BCUT2D eigenvalue weighted by Gasteiger charge is 2.20. The van der Waals surface area contributed by atoms with Gasteiger partial charge in [0.2, 0.25) is 5.95 Å². The topological polar surface area (TPSA) is 76.6 Å². The van der Waals surface area contributed by atoms with Gasteiger partial charge in [-0.25, -0.2) is 9.97 Å². The van der Waals surface area contributed by atoms with Gasteiger partial charge in [0.25, 0.3) is 5.91 Å². The molecule has 3 heterocycles. The van der Waals surface area contributed by atoms with E-state index in [2.05, 4.69) is 20.2 Å². The summed E-state index contributed by atoms with van der Waals surface area (Å²) < 4.78 is 24.7. The van der Waals surface area contributed by atoms with Gasteiger partial charge in [0, 0.05) is 19.3 Å². The van der Waals surface area contributed by atoms with E-state index in [1.165, 1.54) is 23.6 Å². The first-order valence-electron chi connectivity index (χ1n) is 8.39. The van der Waals surface area contributed by atoms with Gasteiger partial charge in [0.1, 0.15) is 11.3 Å². The van der Waals surface area contributed by atoms with E-state index < -0.39 is 11.9 Å². The number of pyridine rings is 1. The summed E-state index contributed by atoms with van der Waals surface area (Å²) >= 11 is 1.37. The molecule has 0 aliphatic carbocycles. The molecule has 27 heavy (non-hydrogen) atoms. The smallest absolute Gasteiger partial charge is 0.259 e. The van der Waals surface area contributed by atoms with Crippen molar-refractivity contribution in [3.63, 3.8) is 0 Å². The van der Waals surface area contributed by atoms with Crippen molar-refractivity contribution < 1.29 is 18.7 Å². The minimum Gasteiger partial charge on any atom is -0.494 e. The van der Waals surface area contributed by atoms with Gasteiger partial charge < -0.3 is 14.4 Å². The molecule has 1 N–H and O–H groups in total. The highest BCUT2D eigenvalue weighted by atomic mass is 32.1. The fourth-order valence-electron chi connectivity index (χ4n) is 2.92. The number of aromatic nitrogens is 2. The summed E-state index contributed by atoms with van der Waals surface area (Å²) in [6.45, 7) is 2.94. The van der Waals surface area contributed by atoms with Crippen molar-refractivity contribution in [2.45, 2.75) is 0 Å². The lowest BCUT2D eigenvalue weighted by molar-refractivity contribution is 0.102. The maximum Gasteiger partial charge on any atom is 0.259 e. The Balaban J connectivity index is 1.67. The van der Waals surface area contributed by atoms with Crippen LogP contribution in [0.15, 0.2) is 30.5 Å². The third-order valence-corrected chi connectivity index (χ3v) is 5.26. The second-order valence-electron chi connectivity index (χ2n) is 5.91. The standard InChI is InChI=1S/C18H17FN4O3S/c1-25-13-4-3-12(23-6-8-26-9-7-23)16-15(13)21-18(27-16)22-17(24)11-2-5-14(19)20-10-11/h2-5,10H,6-9H2,1H3,(H,21,22,24). The summed E-state index contributed by atoms with van der Waals surface area (Å²) in [5, 5.41) is 3.20. The molecule has 0 bridgehead atoms. The zero-order chi connectivity index (χ0) is 18.8. The number of amides is 1. The van der Waals surface area contributed by atoms with Gasteiger partial charge in [-0.2, -0.15) is 4.39 Å². The number of hydrogen-bond donors (Lipinski definition) is 1. The van der Waals surface area contributed by atoms with Gasteiger partial charge in [0.15, 0.2) is 5.13 Å². The number of methoxy groups -OCH3 is 1. The van der Waals surface area contributed by atoms with Gasteiger partial charge in [-0.05, 0) is 24.3 Å². The maximum atomic E-state index is 12.9. The zero-order valence-electron chi connectivity index (χ0n) is 14.6. The number of anilines is 2. The zero-order valence-corrected chi connectivity index (χ0v) is 15.4. The highest BCUT2D eigenvalue weighted by Crippen LogP contribution is 2.39. The first-order valence-corrected chi connectivity index (χ1v) is 9.20. The van der Waals surface area contributed by atoms with Crippen LogP contribution in [0.4, 0.5) is 15.2 Å². The molecular formula is C18H17FN4O3S. The number of carbonyl (C=O) groups is 1. The van der Waals surface area contributed by atoms with E-state index in [1.807, 2.05) is 12.1 Å². The summed E-state index contributed by atoms with van der Waals surface area (Å²) in [6.07, 6.45) is 1.19. The molecule has 1 aliphatic heterocycles. The van der Waals surface area contributed by atoms with Gasteiger partial charge >= 0.3 is 0 Å². The molecule has 0 atom stereocenters. The monoisotopic (exact) mass is 388 g/mol. The Labute approximate surface area is 158 Å². The number of nitrogens with one attached hydrogen (secondary N) is 1. The number of rotatable bonds is 4. The molecule has 2 aromatic heterocycles. The quantitative estimate of drug-likeness (QED) is 0.693. The summed E-state index contributed by atoms with van der Waals surface area (Å²) in [6, 6.07) is 6.40. The van der Waals surface area contributed by atoms with E-state index in [0.717, 1.165) is 29.5 Å². The first-order chi connectivity index (χ1) is 13.2. The molecule has 3 aromatic rings. The fourth-order valence-corrected chi connectivity index (χ4v) is 3.94. The van der Waals surface area contributed by atoms with Crippen LogP contribution in [0.1, 0.15) is 10.4 Å². The molecule has 1 aromatic carbocycles. The fraction of sp³-hybridized carbons (Fsp3) is 0.278. The number of halogens is 1. The van der Waals surface area contributed by atoms with E-state index in [9.17, 15) is 9.18 Å². The van der Waals surface area contributed by atoms with E-state index in [0.29, 0.717) is 29.6 Å². The molecule has 0 saturated carbocycles. The normalized spacial score (nSPS) is 14.4. The van der Waals surface area contributed by atoms with E-state index >= 15 is 0 Å². The molecule has 1 saturated heterocycles. The van der Waals surface area contributed by atoms with Crippen LogP contribution in [0.3, 0.4) is 0 Å². The number of carbonyl (C=O) groups excluding carboxylic acids is 1. The number of benzene rings is 1. The lowest BCUT2D eigenvalue weighted by atomic mass is 10.2. The molecule has 0 unspecified atom stereocenters. The Morgan fingerprint density at radius 3 is 2.81 bits per heavy atom. The van der Waals surface area contributed by atoms with Crippen LogP contribution in [-0.4, -0.2) is 49.3 Å². The third-order valence-electron chi connectivity index (χ3n) is 4.27. The van der Waals surface area contributed by atoms with Gasteiger partial charge in [-0.15, -0.1) is 0 Å². The van der Waals surface area contributed by atoms with Crippen LogP contribution in [0.25, 0.3) is 10.2 Å². The highest BCUT2D eigenvalue weighted by molar-refractivity contribution is 7.23. The summed E-state index contributed by atoms with van der Waals surface area (Å²) in [7, 11) is 1.59. The molecule has 0 radical (unpaired) electrons. The van der Waals surface area contributed by atoms with Crippen LogP contribution in [0.5, 0.6) is 5.75 Å². The summed E-state index contributed by atoms with van der Waals surface area (Å²) in [5.74, 6) is -0.387. The molecule has 9 heteroatoms. The van der Waals surface area contributed by atoms with Crippen molar-refractivity contribution in [3.8, 4) is 5.75 Å². The van der Waals surface area contributed by atoms with Gasteiger partial charge in [-0.1, -0.05) is 11.3 Å². The second kappa shape index (κ2) is 7.45. The molecule has 1 aliphatic rings. The number of thiazole rings is 1. The summed E-state index contributed by atoms with van der Waals surface area (Å²) in [4.78, 5) is 22.6. The van der Waals surface area contributed by atoms with Crippen molar-refractivity contribution in [3.05, 3.63) is 42.0 Å². The van der Waals surface area contributed by atoms with Crippen molar-refractivity contribution in [1.29, 1.82) is 0 Å².